The number of methoxy groups -OCH3 is 1. The number of imide groups is 2. The molecule has 2 aliphatic carbocycles. The van der Waals surface area contributed by atoms with E-state index in [2.05, 4.69) is 15.9 Å². The number of phenols is 1. The Kier molecular flexibility index (Phi) is 9.17. The van der Waals surface area contributed by atoms with Crippen molar-refractivity contribution in [3.8, 4) is 11.5 Å². The maximum Gasteiger partial charge on any atom is 0.258 e. The average molecular weight is 890 g/mol. The highest BCUT2D eigenvalue weighted by Gasteiger charge is 2.77. The number of alkyl halides is 2. The maximum absolute atomic E-state index is 15.3. The molecule has 6 unspecified atom stereocenters. The summed E-state index contributed by atoms with van der Waals surface area (Å²) < 4.78 is 79.2. The van der Waals surface area contributed by atoms with Crippen LogP contribution >= 0.6 is 39.1 Å². The number of benzene rings is 4. The smallest absolute Gasteiger partial charge is 0.258 e. The predicted molar refractivity (Wildman–Crippen MR) is 198 cm³/mol. The van der Waals surface area contributed by atoms with Crippen molar-refractivity contribution in [3.05, 3.63) is 129 Å². The molecule has 1 saturated carbocycles. The van der Waals surface area contributed by atoms with E-state index < -0.39 is 104 Å². The zero-order valence-electron chi connectivity index (χ0n) is 29.0. The number of carbonyl (C=O) groups is 5. The van der Waals surface area contributed by atoms with Gasteiger partial charge in [-0.1, -0.05) is 42.0 Å². The fourth-order valence-electron chi connectivity index (χ4n) is 8.63. The molecule has 2 aliphatic heterocycles. The topological polar surface area (TPSA) is 121 Å². The van der Waals surface area contributed by atoms with E-state index in [1.165, 1.54) is 43.5 Å². The molecule has 17 heteroatoms. The van der Waals surface area contributed by atoms with Crippen LogP contribution in [0.25, 0.3) is 0 Å². The summed E-state index contributed by atoms with van der Waals surface area (Å²) in [4.78, 5) is 65.7. The number of ether oxygens (including phenoxy) is 1. The van der Waals surface area contributed by atoms with Gasteiger partial charge in [-0.15, -0.1) is 23.2 Å². The molecule has 0 spiro atoms. The largest absolute Gasteiger partial charge is 0.503 e. The molecule has 1 N–H and O–H groups in total. The third-order valence-electron chi connectivity index (χ3n) is 11.2. The van der Waals surface area contributed by atoms with Gasteiger partial charge in [0.15, 0.2) is 50.3 Å². The van der Waals surface area contributed by atoms with Crippen LogP contribution in [0.5, 0.6) is 11.5 Å². The summed E-state index contributed by atoms with van der Waals surface area (Å²) in [5.74, 6) is -23.0. The third kappa shape index (κ3) is 5.27. The molecule has 9 nitrogen and oxygen atoms in total. The maximum atomic E-state index is 15.3. The van der Waals surface area contributed by atoms with Gasteiger partial charge in [0.2, 0.25) is 17.6 Å². The van der Waals surface area contributed by atoms with Crippen molar-refractivity contribution in [2.75, 3.05) is 16.9 Å². The second-order valence-electron chi connectivity index (χ2n) is 14.0. The first-order chi connectivity index (χ1) is 27.0. The number of phenolic OH excluding ortho intramolecular Hbond substituents is 1. The van der Waals surface area contributed by atoms with E-state index in [-0.39, 0.29) is 49.7 Å². The van der Waals surface area contributed by atoms with Crippen LogP contribution in [0, 0.1) is 46.8 Å². The van der Waals surface area contributed by atoms with Crippen molar-refractivity contribution in [2.24, 2.45) is 17.8 Å². The Hall–Kier alpha value is -5.12. The minimum Gasteiger partial charge on any atom is -0.503 e. The lowest BCUT2D eigenvalue weighted by Gasteiger charge is -2.50. The van der Waals surface area contributed by atoms with Gasteiger partial charge >= 0.3 is 0 Å². The second kappa shape index (κ2) is 13.5. The molecule has 4 aliphatic rings. The van der Waals surface area contributed by atoms with Gasteiger partial charge in [-0.05, 0) is 76.7 Å². The number of amides is 4. The summed E-state index contributed by atoms with van der Waals surface area (Å²) in [5, 5.41) is 10.6. The molecule has 6 atom stereocenters. The van der Waals surface area contributed by atoms with Crippen molar-refractivity contribution in [1.82, 2.24) is 0 Å². The lowest BCUT2D eigenvalue weighted by molar-refractivity contribution is -0.125. The molecule has 4 amide bonds. The highest BCUT2D eigenvalue weighted by molar-refractivity contribution is 9.10. The highest BCUT2D eigenvalue weighted by Crippen LogP contribution is 2.66. The molecule has 2 saturated heterocycles. The Morgan fingerprint density at radius 3 is 2.02 bits per heavy atom. The lowest BCUT2D eigenvalue weighted by Crippen LogP contribution is -2.60. The van der Waals surface area contributed by atoms with Gasteiger partial charge in [0, 0.05) is 17.0 Å². The van der Waals surface area contributed by atoms with Crippen LogP contribution in [-0.4, -0.2) is 51.4 Å². The fraction of sp³-hybridized carbons (Fsp3) is 0.225. The number of carbonyl (C=O) groups excluding carboxylic acids is 5. The van der Waals surface area contributed by atoms with Gasteiger partial charge < -0.3 is 9.84 Å². The Balaban J connectivity index is 1.26. The molecule has 57 heavy (non-hydrogen) atoms. The van der Waals surface area contributed by atoms with E-state index in [1.54, 1.807) is 36.4 Å². The Labute approximate surface area is 337 Å². The van der Waals surface area contributed by atoms with Gasteiger partial charge in [0.05, 0.1) is 29.1 Å². The number of allylic oxidation sites excluding steroid dienone is 2. The van der Waals surface area contributed by atoms with Crippen molar-refractivity contribution in [3.63, 3.8) is 0 Å². The van der Waals surface area contributed by atoms with Crippen LogP contribution < -0.4 is 14.5 Å². The molecular formula is C40H24BrCl2F5N2O7. The minimum atomic E-state index is -2.77. The molecule has 2 heterocycles. The number of rotatable bonds is 6. The summed E-state index contributed by atoms with van der Waals surface area (Å²) in [6, 6.07) is 16.7. The summed E-state index contributed by atoms with van der Waals surface area (Å²) in [5.41, 5.74) is -0.852. The standard InChI is InChI=1S/C40H24BrCl2F5N2O7/c1-57-24-14-18(13-23(41)34(24)52)26-20-11-12-21-25(36(54)49(35(21)53)19-9-7-17(8-10-19)33(51)16-5-3-2-4-6-16)22(20)15-39(42)37(55)50(38(56)40(26,39)43)32-30(47)28(45)27(44)29(46)31(32)48/h2-11,13-14,21-22,25-26,52H,12,15H2,1H3. The zero-order valence-corrected chi connectivity index (χ0v) is 32.1. The van der Waals surface area contributed by atoms with Crippen LogP contribution in [0.15, 0.2) is 82.9 Å². The first-order valence-electron chi connectivity index (χ1n) is 17.1. The number of ketones is 1. The van der Waals surface area contributed by atoms with E-state index in [0.29, 0.717) is 5.56 Å². The normalized spacial score (nSPS) is 26.6. The van der Waals surface area contributed by atoms with Crippen LogP contribution in [0.3, 0.4) is 0 Å². The Bertz CT molecular complexity index is 2500. The van der Waals surface area contributed by atoms with Crippen LogP contribution in [0.1, 0.15) is 40.2 Å². The SMILES string of the molecule is COc1cc(C2C3=CCC4C(=O)N(c5ccc(C(=O)c6ccccc6)cc5)C(=O)C4C3CC3(Cl)C(=O)N(c4c(F)c(F)c(F)c(F)c4F)C(=O)C23Cl)cc(Br)c1O. The molecule has 0 radical (unpaired) electrons. The van der Waals surface area contributed by atoms with Crippen LogP contribution in [0.4, 0.5) is 33.3 Å². The molecular weight excluding hydrogens is 866 g/mol. The van der Waals surface area contributed by atoms with E-state index in [1.807, 2.05) is 0 Å². The number of halogens is 8. The molecule has 0 bridgehead atoms. The van der Waals surface area contributed by atoms with Crippen LogP contribution in [0.2, 0.25) is 0 Å². The molecule has 0 aromatic heterocycles. The summed E-state index contributed by atoms with van der Waals surface area (Å²) in [6.07, 6.45) is 0.742. The molecule has 8 rings (SSSR count). The van der Waals surface area contributed by atoms with E-state index >= 15 is 8.78 Å². The Morgan fingerprint density at radius 1 is 0.807 bits per heavy atom. The fourth-order valence-corrected chi connectivity index (χ4v) is 10.0. The van der Waals surface area contributed by atoms with E-state index in [4.69, 9.17) is 27.9 Å². The van der Waals surface area contributed by atoms with Crippen LogP contribution in [-0.2, 0) is 19.2 Å². The van der Waals surface area contributed by atoms with Gasteiger partial charge in [-0.3, -0.25) is 28.9 Å². The first kappa shape index (κ1) is 38.7. The van der Waals surface area contributed by atoms with Gasteiger partial charge in [0.1, 0.15) is 5.69 Å². The van der Waals surface area contributed by atoms with E-state index in [9.17, 15) is 42.3 Å². The van der Waals surface area contributed by atoms with E-state index in [0.717, 1.165) is 4.90 Å². The lowest BCUT2D eigenvalue weighted by atomic mass is 9.56. The molecule has 4 aromatic rings. The average Bonchev–Trinajstić information content (AvgIpc) is 3.55. The quantitative estimate of drug-likeness (QED) is 0.0398. The zero-order chi connectivity index (χ0) is 41.0. The molecule has 3 fully saturated rings. The number of aromatic hydroxyl groups is 1. The van der Waals surface area contributed by atoms with Crippen molar-refractivity contribution < 1.29 is 55.8 Å². The summed E-state index contributed by atoms with van der Waals surface area (Å²) in [6.45, 7) is 0. The summed E-state index contributed by atoms with van der Waals surface area (Å²) in [7, 11) is 1.21. The number of anilines is 2. The second-order valence-corrected chi connectivity index (χ2v) is 16.1. The van der Waals surface area contributed by atoms with Gasteiger partial charge in [0.25, 0.3) is 11.8 Å². The number of hydrogen-bond acceptors (Lipinski definition) is 7. The highest BCUT2D eigenvalue weighted by atomic mass is 79.9. The van der Waals surface area contributed by atoms with Gasteiger partial charge in [-0.2, -0.15) is 0 Å². The van der Waals surface area contributed by atoms with Gasteiger partial charge in [-0.25, -0.2) is 26.9 Å². The number of fused-ring (bicyclic) bond motifs is 4. The summed E-state index contributed by atoms with van der Waals surface area (Å²) >= 11 is 17.6. The van der Waals surface area contributed by atoms with Crippen molar-refractivity contribution in [2.45, 2.75) is 28.5 Å². The monoisotopic (exact) mass is 888 g/mol. The number of nitrogens with zero attached hydrogens (tertiary/aromatic N) is 2. The first-order valence-corrected chi connectivity index (χ1v) is 18.7. The minimum absolute atomic E-state index is 0.00502. The molecule has 292 valence electrons. The molecule has 4 aromatic carbocycles. The predicted octanol–water partition coefficient (Wildman–Crippen LogP) is 7.86. The third-order valence-corrected chi connectivity index (χ3v) is 13.3. The Morgan fingerprint density at radius 2 is 1.40 bits per heavy atom. The van der Waals surface area contributed by atoms with Crippen molar-refractivity contribution in [1.29, 1.82) is 0 Å². The number of hydrogen-bond donors (Lipinski definition) is 1. The van der Waals surface area contributed by atoms with Crippen molar-refractivity contribution >= 4 is 79.9 Å².